The summed E-state index contributed by atoms with van der Waals surface area (Å²) in [7, 11) is 0. The van der Waals surface area contributed by atoms with Crippen LogP contribution in [-0.4, -0.2) is 76.9 Å². The molecule has 1 aromatic heterocycles. The zero-order valence-corrected chi connectivity index (χ0v) is 40.0. The Balaban J connectivity index is 0.000000284. The van der Waals surface area contributed by atoms with Crippen molar-refractivity contribution in [3.05, 3.63) is 133 Å². The van der Waals surface area contributed by atoms with Crippen molar-refractivity contribution in [2.24, 2.45) is 4.52 Å². The fourth-order valence-electron chi connectivity index (χ4n) is 5.23. The number of halogens is 12. The monoisotopic (exact) mass is 1240 g/mol. The minimum atomic E-state index is -3.80. The lowest BCUT2D eigenvalue weighted by molar-refractivity contribution is -0.150. The van der Waals surface area contributed by atoms with Gasteiger partial charge in [0.1, 0.15) is 0 Å². The van der Waals surface area contributed by atoms with Crippen LogP contribution in [0.3, 0.4) is 0 Å². The number of aromatic nitrogens is 1. The Morgan fingerprint density at radius 1 is 0.899 bits per heavy atom. The molecule has 0 saturated carbocycles. The number of benzene rings is 5. The number of hydrogen-bond donors (Lipinski definition) is 5. The quantitative estimate of drug-likeness (QED) is 0.0216. The van der Waals surface area contributed by atoms with Gasteiger partial charge in [-0.05, 0) is 117 Å². The number of fused-ring (bicyclic) bond motifs is 1. The van der Waals surface area contributed by atoms with Crippen LogP contribution in [0.15, 0.2) is 112 Å². The van der Waals surface area contributed by atoms with E-state index < -0.39 is 77.4 Å². The summed E-state index contributed by atoms with van der Waals surface area (Å²) < 4.78 is 133. The fraction of sp³-hybridized carbons (Fsp3) is 0.171. The van der Waals surface area contributed by atoms with E-state index in [4.69, 9.17) is 25.6 Å². The molecule has 0 bridgehead atoms. The van der Waals surface area contributed by atoms with Gasteiger partial charge in [0.15, 0.2) is 58.3 Å². The molecule has 1 fully saturated rings. The standard InChI is InChI=1S/C20H17F3N4O6.C8H5ClF2O.C7H4F3IO.C6H4FIO.H2N2S/c21-12-4-2-10(8-14(12)32-20(22)23)27-5-6-31-16(19(27)30)15(28)18(29)25-9-1-3-11-13(7-9)33-26-17(11)24;9-8(10,11)7(12)6-4-2-1-3-5-6;8-5-2-1-4(11)3-6(5)12-7(9)10;7-5-2-1-4(8)3-6(5)9;1-2-3/h1-4,7-8,15-16,20,28H,5-6H2,(H2,24,26)(H,25,29);1-5H;1-3,7H;1-3,9H;(H2,1,3)/p-1/t15-,16-;;;;/m1..../s1. The van der Waals surface area contributed by atoms with Crippen LogP contribution in [-0.2, 0) is 27.1 Å². The van der Waals surface area contributed by atoms with E-state index in [2.05, 4.69) is 48.9 Å². The maximum absolute atomic E-state index is 13.7. The smallest absolute Gasteiger partial charge is 0.387 e. The number of ketones is 1. The number of aliphatic hydroxyl groups excluding tert-OH is 1. The average Bonchev–Trinajstić information content (AvgIpc) is 3.66. The molecule has 0 spiro atoms. The van der Waals surface area contributed by atoms with Gasteiger partial charge in [-0.1, -0.05) is 35.5 Å². The molecule has 6 aromatic rings. The van der Waals surface area contributed by atoms with Crippen molar-refractivity contribution in [1.29, 1.82) is 5.53 Å². The first-order chi connectivity index (χ1) is 32.5. The number of nitrogens with two attached hydrogens (primary N) is 1. The molecule has 69 heavy (non-hydrogen) atoms. The van der Waals surface area contributed by atoms with Gasteiger partial charge in [-0.3, -0.25) is 14.4 Å². The first kappa shape index (κ1) is 57.6. The lowest BCUT2D eigenvalue weighted by Gasteiger charge is -2.34. The third-order valence-electron chi connectivity index (χ3n) is 8.20. The molecule has 2 amide bonds. The normalized spacial score (nSPS) is 13.5. The van der Waals surface area contributed by atoms with E-state index in [9.17, 15) is 59.0 Å². The maximum Gasteiger partial charge on any atom is 0.387 e. The molecule has 1 saturated heterocycles. The number of morpholine rings is 1. The van der Waals surface area contributed by atoms with Gasteiger partial charge in [0.25, 0.3) is 11.8 Å². The van der Waals surface area contributed by atoms with Crippen molar-refractivity contribution >= 4 is 115 Å². The summed E-state index contributed by atoms with van der Waals surface area (Å²) in [4.78, 5) is 37.2. The van der Waals surface area contributed by atoms with Crippen molar-refractivity contribution < 1.29 is 82.8 Å². The summed E-state index contributed by atoms with van der Waals surface area (Å²) in [5.74, 6) is -6.82. The molecule has 0 aliphatic carbocycles. The highest BCUT2D eigenvalue weighted by Gasteiger charge is 2.40. The van der Waals surface area contributed by atoms with Crippen molar-refractivity contribution in [2.45, 2.75) is 30.8 Å². The van der Waals surface area contributed by atoms with Crippen molar-refractivity contribution in [1.82, 2.24) is 5.16 Å². The molecule has 2 atom stereocenters. The molecule has 1 aliphatic rings. The Hall–Kier alpha value is -5.76. The molecule has 2 heterocycles. The Bertz CT molecular complexity index is 2680. The number of nitrogen functional groups attached to an aromatic ring is 1. The molecule has 28 heteroatoms. The second-order valence-corrected chi connectivity index (χ2v) is 16.0. The molecule has 6 N–H and O–H groups in total. The molecule has 15 nitrogen and oxygen atoms in total. The zero-order valence-electron chi connectivity index (χ0n) is 34.2. The number of alkyl halides is 7. The van der Waals surface area contributed by atoms with Crippen LogP contribution >= 0.6 is 56.8 Å². The maximum atomic E-state index is 13.7. The summed E-state index contributed by atoms with van der Waals surface area (Å²) in [6.07, 6.45) is -3.50. The van der Waals surface area contributed by atoms with Crippen molar-refractivity contribution in [2.75, 3.05) is 29.1 Å². The average molecular weight is 1240 g/mol. The number of phenols is 1. The largest absolute Gasteiger partial charge is 0.646 e. The number of anilines is 3. The van der Waals surface area contributed by atoms with Gasteiger partial charge in [0.2, 0.25) is 5.78 Å². The zero-order chi connectivity index (χ0) is 51.6. The highest BCUT2D eigenvalue weighted by atomic mass is 127. The first-order valence-corrected chi connectivity index (χ1v) is 21.4. The number of nitrogens with one attached hydrogen (secondary N) is 2. The lowest BCUT2D eigenvalue weighted by atomic mass is 10.1. The van der Waals surface area contributed by atoms with E-state index in [1.807, 2.05) is 45.2 Å². The van der Waals surface area contributed by atoms with E-state index in [0.29, 0.717) is 14.5 Å². The Kier molecular flexibility index (Phi) is 22.9. The van der Waals surface area contributed by atoms with Gasteiger partial charge in [-0.2, -0.15) is 26.3 Å². The van der Waals surface area contributed by atoms with Gasteiger partial charge in [-0.15, -0.1) is 0 Å². The predicted molar refractivity (Wildman–Crippen MR) is 249 cm³/mol. The number of amides is 2. The summed E-state index contributed by atoms with van der Waals surface area (Å²) in [5, 5.41) is 21.9. The van der Waals surface area contributed by atoms with Gasteiger partial charge in [0, 0.05) is 42.8 Å². The van der Waals surface area contributed by atoms with Crippen LogP contribution in [0.5, 0.6) is 17.2 Å². The number of aliphatic hydroxyl groups is 1. The summed E-state index contributed by atoms with van der Waals surface area (Å²) in [5.41, 5.74) is 11.8. The number of phenolic OH excluding ortho intramolecular Hbond substituents is 1. The minimum absolute atomic E-state index is 0.0208. The number of aromatic hydroxyl groups is 1. The van der Waals surface area contributed by atoms with E-state index in [1.54, 1.807) is 18.2 Å². The minimum Gasteiger partial charge on any atom is -0.646 e. The highest BCUT2D eigenvalue weighted by Crippen LogP contribution is 2.30. The SMILES string of the molecule is Fc1ccc(I)cc1OC(F)F.N=N[S-].Nc1noc2cc(NC(=O)[C@H](O)[C@H]3OCCN(c4ccc(F)c(OC(F)F)c4)C3=O)ccc12.O=C(c1ccccc1)C(F)(F)Cl.Oc1cc(I)ccc1F. The summed E-state index contributed by atoms with van der Waals surface area (Å²) in [6.45, 7) is -6.35. The summed E-state index contributed by atoms with van der Waals surface area (Å²) >= 11 is 12.1. The van der Waals surface area contributed by atoms with Crippen LogP contribution in [0, 0.1) is 30.1 Å². The Morgan fingerprint density at radius 3 is 2.00 bits per heavy atom. The van der Waals surface area contributed by atoms with Crippen molar-refractivity contribution in [3.8, 4) is 17.2 Å². The molecule has 0 unspecified atom stereocenters. The molecular formula is C41H31ClF9I2N6O9S-. The molecule has 370 valence electrons. The molecule has 0 radical (unpaired) electrons. The number of ether oxygens (including phenoxy) is 3. The second-order valence-electron chi connectivity index (χ2n) is 12.8. The van der Waals surface area contributed by atoms with Crippen molar-refractivity contribution in [3.63, 3.8) is 0 Å². The molecule has 7 rings (SSSR count). The van der Waals surface area contributed by atoms with E-state index in [1.165, 1.54) is 66.7 Å². The van der Waals surface area contributed by atoms with Gasteiger partial charge >= 0.3 is 18.6 Å². The number of Topliss-reactive ketones (excluding diaryl/α,β-unsaturated/α-hetero) is 1. The Morgan fingerprint density at radius 2 is 1.45 bits per heavy atom. The predicted octanol–water partition coefficient (Wildman–Crippen LogP) is 10.2. The van der Waals surface area contributed by atoms with Crippen LogP contribution in [0.1, 0.15) is 10.4 Å². The molecule has 5 aromatic carbocycles. The molecule has 1 aliphatic heterocycles. The second kappa shape index (κ2) is 27.4. The number of hydrogen-bond acceptors (Lipinski definition) is 14. The number of carbonyl (C=O) groups is 3. The van der Waals surface area contributed by atoms with Gasteiger partial charge in [-0.25, -0.2) is 18.7 Å². The third-order valence-corrected chi connectivity index (χ3v) is 9.71. The van der Waals surface area contributed by atoms with Crippen LogP contribution in [0.25, 0.3) is 11.0 Å². The summed E-state index contributed by atoms with van der Waals surface area (Å²) in [6, 6.07) is 22.6. The lowest BCUT2D eigenvalue weighted by Crippen LogP contribution is -2.55. The number of rotatable bonds is 10. The Labute approximate surface area is 421 Å². The fourth-order valence-corrected chi connectivity index (χ4v) is 6.27. The van der Waals surface area contributed by atoms with Crippen LogP contribution in [0.2, 0.25) is 0 Å². The number of nitrogens with zero attached hydrogens (tertiary/aromatic N) is 3. The number of carbonyl (C=O) groups excluding carboxylic acids is 3. The van der Waals surface area contributed by atoms with Gasteiger partial charge < -0.3 is 62.2 Å². The van der Waals surface area contributed by atoms with Crippen LogP contribution in [0.4, 0.5) is 56.7 Å². The molecular weight excluding hydrogens is 1210 g/mol. The highest BCUT2D eigenvalue weighted by molar-refractivity contribution is 14.1. The van der Waals surface area contributed by atoms with E-state index >= 15 is 0 Å². The van der Waals surface area contributed by atoms with Crippen LogP contribution < -0.4 is 25.4 Å². The topological polar surface area (TPSA) is 223 Å². The first-order valence-electron chi connectivity index (χ1n) is 18.5. The third kappa shape index (κ3) is 18.3. The van der Waals surface area contributed by atoms with Gasteiger partial charge in [0.05, 0.1) is 12.0 Å². The van der Waals surface area contributed by atoms with E-state index in [0.717, 1.165) is 26.7 Å². The van der Waals surface area contributed by atoms with E-state index in [-0.39, 0.29) is 41.7 Å².